The first kappa shape index (κ1) is 33.5. The van der Waals surface area contributed by atoms with E-state index >= 15 is 0 Å². The minimum Gasteiger partial charge on any atom is -0.496 e. The third-order valence-electron chi connectivity index (χ3n) is 7.45. The molecule has 238 valence electrons. The van der Waals surface area contributed by atoms with E-state index in [2.05, 4.69) is 0 Å². The molecule has 1 heterocycles. The maximum atomic E-state index is 14.8. The zero-order valence-electron chi connectivity index (χ0n) is 24.7. The Kier molecular flexibility index (Phi) is 9.82. The van der Waals surface area contributed by atoms with Crippen molar-refractivity contribution in [3.63, 3.8) is 0 Å². The van der Waals surface area contributed by atoms with Gasteiger partial charge in [0.1, 0.15) is 17.7 Å². The van der Waals surface area contributed by atoms with Crippen LogP contribution in [0.3, 0.4) is 0 Å². The van der Waals surface area contributed by atoms with Crippen molar-refractivity contribution in [1.82, 2.24) is 4.90 Å². The second-order valence-electron chi connectivity index (χ2n) is 10.9. The zero-order chi connectivity index (χ0) is 32.6. The standard InChI is InChI=1S/C32H32F7NO3S/c1-6-9-44-23-7-8-24(26-14-25(17(2)3)27(33)15-28(26)42-5)20(12-23)16-40-18(4)29(43-30(40)41)19-10-21(31(34,35)36)13-22(11-19)32(37,38)39/h7-8,10-15,17-18,29H,6,9,16H2,1-5H3/t18-,29-/m0/s1. The molecule has 0 N–H and O–H groups in total. The number of thioether (sulfide) groups is 1. The van der Waals surface area contributed by atoms with E-state index in [1.807, 2.05) is 39.0 Å². The van der Waals surface area contributed by atoms with Gasteiger partial charge < -0.3 is 9.47 Å². The van der Waals surface area contributed by atoms with Crippen molar-refractivity contribution in [1.29, 1.82) is 0 Å². The largest absolute Gasteiger partial charge is 0.496 e. The summed E-state index contributed by atoms with van der Waals surface area (Å²) in [6.07, 6.45) is -11.5. The van der Waals surface area contributed by atoms with Crippen LogP contribution in [0.15, 0.2) is 53.4 Å². The molecule has 0 bridgehead atoms. The van der Waals surface area contributed by atoms with Crippen molar-refractivity contribution in [3.05, 3.63) is 82.2 Å². The number of ether oxygens (including phenoxy) is 2. The molecule has 3 aromatic carbocycles. The highest BCUT2D eigenvalue weighted by molar-refractivity contribution is 7.99. The van der Waals surface area contributed by atoms with Gasteiger partial charge in [-0.2, -0.15) is 26.3 Å². The van der Waals surface area contributed by atoms with Crippen molar-refractivity contribution < 1.29 is 45.0 Å². The topological polar surface area (TPSA) is 38.8 Å². The Morgan fingerprint density at radius 3 is 2.14 bits per heavy atom. The number of amides is 1. The summed E-state index contributed by atoms with van der Waals surface area (Å²) < 4.78 is 107. The SMILES string of the molecule is CCCSc1ccc(-c2cc(C(C)C)c(F)cc2OC)c(CN2C(=O)O[C@H](c3cc(C(F)(F)F)cc(C(F)(F)F)c3)[C@@H]2C)c1. The summed E-state index contributed by atoms with van der Waals surface area (Å²) >= 11 is 1.58. The van der Waals surface area contributed by atoms with Crippen LogP contribution in [0.25, 0.3) is 11.1 Å². The number of alkyl halides is 6. The molecule has 3 aromatic rings. The van der Waals surface area contributed by atoms with Crippen LogP contribution in [-0.4, -0.2) is 29.9 Å². The number of carbonyl (C=O) groups excluding carboxylic acids is 1. The molecular formula is C32H32F7NO3S. The first-order chi connectivity index (χ1) is 20.5. The number of carbonyl (C=O) groups is 1. The van der Waals surface area contributed by atoms with Crippen molar-refractivity contribution in [2.24, 2.45) is 0 Å². The second kappa shape index (κ2) is 12.9. The van der Waals surface area contributed by atoms with E-state index in [4.69, 9.17) is 9.47 Å². The van der Waals surface area contributed by atoms with E-state index in [0.29, 0.717) is 34.4 Å². The maximum Gasteiger partial charge on any atom is 0.416 e. The van der Waals surface area contributed by atoms with Gasteiger partial charge in [0.25, 0.3) is 0 Å². The van der Waals surface area contributed by atoms with Gasteiger partial charge in [0.05, 0.1) is 30.8 Å². The quantitative estimate of drug-likeness (QED) is 0.172. The summed E-state index contributed by atoms with van der Waals surface area (Å²) in [5, 5.41) is 0. The Bertz CT molecular complexity index is 1490. The number of nitrogens with zero attached hydrogens (tertiary/aromatic N) is 1. The highest BCUT2D eigenvalue weighted by Crippen LogP contribution is 2.43. The highest BCUT2D eigenvalue weighted by Gasteiger charge is 2.43. The molecule has 4 nitrogen and oxygen atoms in total. The van der Waals surface area contributed by atoms with Gasteiger partial charge in [-0.1, -0.05) is 26.8 Å². The van der Waals surface area contributed by atoms with Crippen LogP contribution in [-0.2, 0) is 23.6 Å². The lowest BCUT2D eigenvalue weighted by molar-refractivity contribution is -0.143. The molecule has 1 fully saturated rings. The molecule has 0 aromatic heterocycles. The minimum absolute atomic E-state index is 0.0376. The van der Waals surface area contributed by atoms with E-state index in [1.54, 1.807) is 17.8 Å². The lowest BCUT2D eigenvalue weighted by Crippen LogP contribution is -2.31. The molecule has 1 aliphatic heterocycles. The summed E-state index contributed by atoms with van der Waals surface area (Å²) in [5.41, 5.74) is -1.11. The van der Waals surface area contributed by atoms with E-state index in [-0.39, 0.29) is 24.3 Å². The number of cyclic esters (lactones) is 1. The number of halogens is 7. The minimum atomic E-state index is -5.05. The number of benzene rings is 3. The van der Waals surface area contributed by atoms with E-state index in [0.717, 1.165) is 17.1 Å². The fourth-order valence-electron chi connectivity index (χ4n) is 5.15. The zero-order valence-corrected chi connectivity index (χ0v) is 25.5. The average molecular weight is 644 g/mol. The van der Waals surface area contributed by atoms with Gasteiger partial charge in [0.2, 0.25) is 0 Å². The molecule has 1 amide bonds. The molecule has 0 radical (unpaired) electrons. The van der Waals surface area contributed by atoms with Gasteiger partial charge in [-0.15, -0.1) is 11.8 Å². The predicted octanol–water partition coefficient (Wildman–Crippen LogP) is 10.2. The third-order valence-corrected chi connectivity index (χ3v) is 8.65. The monoisotopic (exact) mass is 643 g/mol. The molecular weight excluding hydrogens is 611 g/mol. The van der Waals surface area contributed by atoms with Crippen LogP contribution >= 0.6 is 11.8 Å². The molecule has 44 heavy (non-hydrogen) atoms. The molecule has 1 aliphatic rings. The van der Waals surface area contributed by atoms with Crippen molar-refractivity contribution in [2.45, 2.75) is 76.0 Å². The van der Waals surface area contributed by atoms with Gasteiger partial charge >= 0.3 is 18.4 Å². The molecule has 12 heteroatoms. The average Bonchev–Trinajstić information content (AvgIpc) is 3.23. The summed E-state index contributed by atoms with van der Waals surface area (Å²) in [6.45, 7) is 7.15. The molecule has 0 aliphatic carbocycles. The first-order valence-electron chi connectivity index (χ1n) is 13.9. The number of hydrogen-bond donors (Lipinski definition) is 0. The van der Waals surface area contributed by atoms with Gasteiger partial charge in [-0.25, -0.2) is 9.18 Å². The van der Waals surface area contributed by atoms with Crippen molar-refractivity contribution >= 4 is 17.9 Å². The fraction of sp³-hybridized carbons (Fsp3) is 0.406. The summed E-state index contributed by atoms with van der Waals surface area (Å²) in [6, 6.07) is 8.85. The molecule has 1 saturated heterocycles. The molecule has 0 spiro atoms. The van der Waals surface area contributed by atoms with Crippen molar-refractivity contribution in [2.75, 3.05) is 12.9 Å². The van der Waals surface area contributed by atoms with E-state index in [1.165, 1.54) is 25.0 Å². The molecule has 0 saturated carbocycles. The molecule has 4 rings (SSSR count). The van der Waals surface area contributed by atoms with Crippen molar-refractivity contribution in [3.8, 4) is 16.9 Å². The van der Waals surface area contributed by atoms with Gasteiger partial charge in [0, 0.05) is 16.5 Å². The van der Waals surface area contributed by atoms with Gasteiger partial charge in [0.15, 0.2) is 0 Å². The Labute approximate surface area is 255 Å². The van der Waals surface area contributed by atoms with Crippen LogP contribution in [0, 0.1) is 5.82 Å². The Morgan fingerprint density at radius 2 is 1.59 bits per heavy atom. The number of methoxy groups -OCH3 is 1. The third kappa shape index (κ3) is 7.11. The Balaban J connectivity index is 1.78. The lowest BCUT2D eigenvalue weighted by atomic mass is 9.93. The highest BCUT2D eigenvalue weighted by atomic mass is 32.2. The van der Waals surface area contributed by atoms with E-state index in [9.17, 15) is 35.5 Å². The number of rotatable bonds is 9. The molecule has 0 unspecified atom stereocenters. The van der Waals surface area contributed by atoms with Crippen LogP contribution < -0.4 is 4.74 Å². The van der Waals surface area contributed by atoms with Crippen LogP contribution in [0.5, 0.6) is 5.75 Å². The van der Waals surface area contributed by atoms with Gasteiger partial charge in [-0.3, -0.25) is 4.90 Å². The molecule has 2 atom stereocenters. The maximum absolute atomic E-state index is 14.8. The lowest BCUT2D eigenvalue weighted by Gasteiger charge is -2.24. The fourth-order valence-corrected chi connectivity index (χ4v) is 5.98. The first-order valence-corrected chi connectivity index (χ1v) is 14.9. The summed E-state index contributed by atoms with van der Waals surface area (Å²) in [5.74, 6) is 0.500. The van der Waals surface area contributed by atoms with E-state index < -0.39 is 53.1 Å². The van der Waals surface area contributed by atoms with Crippen LogP contribution in [0.4, 0.5) is 35.5 Å². The Hall–Kier alpha value is -3.41. The second-order valence-corrected chi connectivity index (χ2v) is 12.1. The number of hydrogen-bond acceptors (Lipinski definition) is 4. The van der Waals surface area contributed by atoms with Gasteiger partial charge in [-0.05, 0) is 83.7 Å². The van der Waals surface area contributed by atoms with Crippen LogP contribution in [0.2, 0.25) is 0 Å². The Morgan fingerprint density at radius 1 is 0.955 bits per heavy atom. The normalized spacial score (nSPS) is 17.4. The summed E-state index contributed by atoms with van der Waals surface area (Å²) in [7, 11) is 1.41. The predicted molar refractivity (Wildman–Crippen MR) is 154 cm³/mol. The van der Waals surface area contributed by atoms with Crippen LogP contribution in [0.1, 0.15) is 74.0 Å². The summed E-state index contributed by atoms with van der Waals surface area (Å²) in [4.78, 5) is 15.3. The smallest absolute Gasteiger partial charge is 0.416 e.